The van der Waals surface area contributed by atoms with Crippen LogP contribution in [-0.4, -0.2) is 48.5 Å². The number of amides is 1. The summed E-state index contributed by atoms with van der Waals surface area (Å²) < 4.78 is 31.6. The van der Waals surface area contributed by atoms with Crippen LogP contribution in [0.15, 0.2) is 48.7 Å². The van der Waals surface area contributed by atoms with Gasteiger partial charge in [-0.1, -0.05) is 25.1 Å². The molecule has 0 unspecified atom stereocenters. The number of benzene rings is 1. The van der Waals surface area contributed by atoms with Gasteiger partial charge in [0.05, 0.1) is 5.75 Å². The standard InChI is InChI=1S/C20H25N3O4S/c1-2-15-28(25,26)23-13-10-16(11-14-23)22-19(24)18-9-6-12-21-20(18)27-17-7-4-3-5-8-17/h3-9,12,16H,2,10-11,13-15H2,1H3,(H,22,24). The topological polar surface area (TPSA) is 88.6 Å². The minimum absolute atomic E-state index is 0.0784. The molecule has 0 saturated carbocycles. The molecular weight excluding hydrogens is 378 g/mol. The van der Waals surface area contributed by atoms with Crippen LogP contribution in [0, 0.1) is 0 Å². The fourth-order valence-electron chi connectivity index (χ4n) is 3.17. The van der Waals surface area contributed by atoms with Crippen LogP contribution in [0.25, 0.3) is 0 Å². The van der Waals surface area contributed by atoms with Gasteiger partial charge in [-0.3, -0.25) is 4.79 Å². The number of para-hydroxylation sites is 1. The summed E-state index contributed by atoms with van der Waals surface area (Å²) in [7, 11) is -3.19. The number of nitrogens with one attached hydrogen (secondary N) is 1. The quantitative estimate of drug-likeness (QED) is 0.768. The Morgan fingerprint density at radius 2 is 1.89 bits per heavy atom. The van der Waals surface area contributed by atoms with Crippen molar-refractivity contribution >= 4 is 15.9 Å². The molecule has 28 heavy (non-hydrogen) atoms. The lowest BCUT2D eigenvalue weighted by molar-refractivity contribution is 0.0921. The minimum atomic E-state index is -3.19. The highest BCUT2D eigenvalue weighted by molar-refractivity contribution is 7.89. The Labute approximate surface area is 165 Å². The van der Waals surface area contributed by atoms with Gasteiger partial charge in [0.15, 0.2) is 0 Å². The number of hydrogen-bond donors (Lipinski definition) is 1. The molecule has 2 heterocycles. The van der Waals surface area contributed by atoms with Crippen molar-refractivity contribution in [2.75, 3.05) is 18.8 Å². The van der Waals surface area contributed by atoms with E-state index in [9.17, 15) is 13.2 Å². The van der Waals surface area contributed by atoms with Gasteiger partial charge in [-0.25, -0.2) is 17.7 Å². The third-order valence-corrected chi connectivity index (χ3v) is 6.69. The number of carbonyl (C=O) groups excluding carboxylic acids is 1. The van der Waals surface area contributed by atoms with Crippen molar-refractivity contribution < 1.29 is 17.9 Å². The fraction of sp³-hybridized carbons (Fsp3) is 0.400. The zero-order chi connectivity index (χ0) is 20.0. The highest BCUT2D eigenvalue weighted by atomic mass is 32.2. The molecule has 8 heteroatoms. The molecule has 3 rings (SSSR count). The SMILES string of the molecule is CCCS(=O)(=O)N1CCC(NC(=O)c2cccnc2Oc2ccccc2)CC1. The van der Waals surface area contributed by atoms with Crippen LogP contribution in [0.1, 0.15) is 36.5 Å². The molecule has 2 aromatic rings. The number of carbonyl (C=O) groups is 1. The predicted octanol–water partition coefficient (Wildman–Crippen LogP) is 2.81. The zero-order valence-corrected chi connectivity index (χ0v) is 16.7. The van der Waals surface area contributed by atoms with E-state index in [1.165, 1.54) is 4.31 Å². The predicted molar refractivity (Wildman–Crippen MR) is 107 cm³/mol. The normalized spacial score (nSPS) is 15.9. The van der Waals surface area contributed by atoms with Crippen molar-refractivity contribution in [2.24, 2.45) is 0 Å². The van der Waals surface area contributed by atoms with Crippen molar-refractivity contribution in [1.82, 2.24) is 14.6 Å². The first-order valence-electron chi connectivity index (χ1n) is 9.46. The summed E-state index contributed by atoms with van der Waals surface area (Å²) in [5.74, 6) is 0.743. The minimum Gasteiger partial charge on any atom is -0.438 e. The van der Waals surface area contributed by atoms with E-state index in [0.717, 1.165) is 0 Å². The molecule has 150 valence electrons. The second kappa shape index (κ2) is 9.16. The molecule has 0 atom stereocenters. The molecule has 0 aliphatic carbocycles. The first-order chi connectivity index (χ1) is 13.5. The Morgan fingerprint density at radius 3 is 2.57 bits per heavy atom. The van der Waals surface area contributed by atoms with E-state index in [1.807, 2.05) is 25.1 Å². The third kappa shape index (κ3) is 5.08. The molecule has 1 aromatic heterocycles. The van der Waals surface area contributed by atoms with Crippen LogP contribution < -0.4 is 10.1 Å². The van der Waals surface area contributed by atoms with Crippen molar-refractivity contribution in [3.8, 4) is 11.6 Å². The molecule has 1 saturated heterocycles. The van der Waals surface area contributed by atoms with Crippen LogP contribution in [0.4, 0.5) is 0 Å². The summed E-state index contributed by atoms with van der Waals surface area (Å²) in [5, 5.41) is 2.98. The summed E-state index contributed by atoms with van der Waals surface area (Å²) in [5.41, 5.74) is 0.354. The van der Waals surface area contributed by atoms with E-state index in [2.05, 4.69) is 10.3 Å². The molecule has 1 aromatic carbocycles. The Kier molecular flexibility index (Phi) is 6.64. The van der Waals surface area contributed by atoms with E-state index in [-0.39, 0.29) is 23.6 Å². The van der Waals surface area contributed by atoms with Gasteiger partial charge in [-0.2, -0.15) is 0 Å². The summed E-state index contributed by atoms with van der Waals surface area (Å²) in [6.45, 7) is 2.70. The lowest BCUT2D eigenvalue weighted by Crippen LogP contribution is -2.47. The summed E-state index contributed by atoms with van der Waals surface area (Å²) in [6, 6.07) is 12.4. The Hall–Kier alpha value is -2.45. The Balaban J connectivity index is 1.62. The van der Waals surface area contributed by atoms with Crippen LogP contribution >= 0.6 is 0 Å². The van der Waals surface area contributed by atoms with Crippen LogP contribution in [0.2, 0.25) is 0 Å². The molecule has 0 spiro atoms. The van der Waals surface area contributed by atoms with E-state index in [4.69, 9.17) is 4.74 Å². The lowest BCUT2D eigenvalue weighted by Gasteiger charge is -2.31. The van der Waals surface area contributed by atoms with Gasteiger partial charge >= 0.3 is 0 Å². The molecule has 1 aliphatic heterocycles. The van der Waals surface area contributed by atoms with E-state index in [1.54, 1.807) is 30.5 Å². The van der Waals surface area contributed by atoms with Crippen molar-refractivity contribution in [2.45, 2.75) is 32.2 Å². The molecule has 0 radical (unpaired) electrons. The lowest BCUT2D eigenvalue weighted by atomic mass is 10.1. The number of pyridine rings is 1. The second-order valence-corrected chi connectivity index (χ2v) is 8.82. The van der Waals surface area contributed by atoms with Crippen LogP contribution in [-0.2, 0) is 10.0 Å². The molecule has 1 aliphatic rings. The van der Waals surface area contributed by atoms with Gasteiger partial charge in [-0.05, 0) is 43.5 Å². The zero-order valence-electron chi connectivity index (χ0n) is 15.9. The number of sulfonamides is 1. The fourth-order valence-corrected chi connectivity index (χ4v) is 4.71. The number of nitrogens with zero attached hydrogens (tertiary/aromatic N) is 2. The van der Waals surface area contributed by atoms with Gasteiger partial charge in [0.1, 0.15) is 11.3 Å². The third-order valence-electron chi connectivity index (χ3n) is 4.62. The highest BCUT2D eigenvalue weighted by Crippen LogP contribution is 2.23. The Morgan fingerprint density at radius 1 is 1.18 bits per heavy atom. The average molecular weight is 404 g/mol. The van der Waals surface area contributed by atoms with Crippen molar-refractivity contribution in [3.63, 3.8) is 0 Å². The van der Waals surface area contributed by atoms with Crippen LogP contribution in [0.3, 0.4) is 0 Å². The summed E-state index contributed by atoms with van der Waals surface area (Å²) in [4.78, 5) is 16.9. The molecule has 7 nitrogen and oxygen atoms in total. The van der Waals surface area contributed by atoms with E-state index < -0.39 is 10.0 Å². The summed E-state index contributed by atoms with van der Waals surface area (Å²) >= 11 is 0. The first kappa shape index (κ1) is 20.3. The number of rotatable bonds is 7. The molecule has 1 fully saturated rings. The average Bonchev–Trinajstić information content (AvgIpc) is 2.69. The smallest absolute Gasteiger partial charge is 0.257 e. The Bertz CT molecular complexity index is 895. The van der Waals surface area contributed by atoms with E-state index >= 15 is 0 Å². The van der Waals surface area contributed by atoms with Crippen LogP contribution in [0.5, 0.6) is 11.6 Å². The first-order valence-corrected chi connectivity index (χ1v) is 11.1. The molecule has 0 bridgehead atoms. The van der Waals surface area contributed by atoms with Gasteiger partial charge in [0, 0.05) is 25.3 Å². The highest BCUT2D eigenvalue weighted by Gasteiger charge is 2.28. The van der Waals surface area contributed by atoms with E-state index in [0.29, 0.717) is 43.7 Å². The molecule has 1 N–H and O–H groups in total. The maximum atomic E-state index is 12.7. The number of hydrogen-bond acceptors (Lipinski definition) is 5. The summed E-state index contributed by atoms with van der Waals surface area (Å²) in [6.07, 6.45) is 3.35. The second-order valence-electron chi connectivity index (χ2n) is 6.73. The van der Waals surface area contributed by atoms with Gasteiger partial charge in [0.25, 0.3) is 5.91 Å². The molecule has 1 amide bonds. The number of ether oxygens (including phenoxy) is 1. The maximum absolute atomic E-state index is 12.7. The largest absolute Gasteiger partial charge is 0.438 e. The number of aromatic nitrogens is 1. The molecular formula is C20H25N3O4S. The van der Waals surface area contributed by atoms with Crippen molar-refractivity contribution in [3.05, 3.63) is 54.2 Å². The number of piperidine rings is 1. The van der Waals surface area contributed by atoms with Gasteiger partial charge in [0.2, 0.25) is 15.9 Å². The van der Waals surface area contributed by atoms with Crippen molar-refractivity contribution in [1.29, 1.82) is 0 Å². The monoisotopic (exact) mass is 403 g/mol. The van der Waals surface area contributed by atoms with Gasteiger partial charge < -0.3 is 10.1 Å². The van der Waals surface area contributed by atoms with Gasteiger partial charge in [-0.15, -0.1) is 0 Å². The maximum Gasteiger partial charge on any atom is 0.257 e.